The topological polar surface area (TPSA) is 101 Å². The monoisotopic (exact) mass is 486 g/mol. The number of hydrogen-bond acceptors (Lipinski definition) is 8. The van der Waals surface area contributed by atoms with E-state index < -0.39 is 11.4 Å². The van der Waals surface area contributed by atoms with Crippen molar-refractivity contribution in [2.45, 2.75) is 25.9 Å². The molecule has 9 heteroatoms. The zero-order valence-electron chi connectivity index (χ0n) is 19.6. The molecule has 2 aliphatic heterocycles. The maximum absolute atomic E-state index is 14.6. The molecule has 2 saturated heterocycles. The summed E-state index contributed by atoms with van der Waals surface area (Å²) in [4.78, 5) is 24.6. The third-order valence-electron chi connectivity index (χ3n) is 6.85. The van der Waals surface area contributed by atoms with Crippen LogP contribution in [0.25, 0.3) is 33.0 Å². The Morgan fingerprint density at radius 1 is 1.28 bits per heavy atom. The Hall–Kier alpha value is -4.16. The molecule has 8 nitrogen and oxygen atoms in total. The minimum Gasteiger partial charge on any atom is -0.508 e. The average Bonchev–Trinajstić information content (AvgIpc) is 3.33. The van der Waals surface area contributed by atoms with Gasteiger partial charge in [-0.3, -0.25) is 0 Å². The minimum atomic E-state index is -0.628. The Balaban J connectivity index is 1.64. The van der Waals surface area contributed by atoms with Gasteiger partial charge in [-0.15, -0.1) is 6.42 Å². The maximum Gasteiger partial charge on any atom is 0.349 e. The van der Waals surface area contributed by atoms with Crippen molar-refractivity contribution in [3.63, 3.8) is 0 Å². The van der Waals surface area contributed by atoms with Crippen molar-refractivity contribution in [1.82, 2.24) is 15.3 Å². The van der Waals surface area contributed by atoms with Gasteiger partial charge in [-0.05, 0) is 49.9 Å². The fourth-order valence-corrected chi connectivity index (χ4v) is 4.91. The summed E-state index contributed by atoms with van der Waals surface area (Å²) in [6, 6.07) is 5.86. The van der Waals surface area contributed by atoms with Crippen LogP contribution in [0.4, 0.5) is 10.2 Å². The normalized spacial score (nSPS) is 17.4. The van der Waals surface area contributed by atoms with Gasteiger partial charge in [0.25, 0.3) is 0 Å². The number of terminal acetylenes is 1. The number of benzene rings is 2. The van der Waals surface area contributed by atoms with Gasteiger partial charge in [-0.2, -0.15) is 9.97 Å². The molecule has 2 aliphatic rings. The highest BCUT2D eigenvalue weighted by molar-refractivity contribution is 6.03. The molecule has 2 aromatic carbocycles. The molecule has 36 heavy (non-hydrogen) atoms. The number of aryl methyl sites for hydroxylation is 1. The third-order valence-corrected chi connectivity index (χ3v) is 6.85. The SMILES string of the molecule is C#Cc1c(F)ccc2cc(O)cc(-c3oc(=O)c4c(N5CCC5)nc(O[C@H]5CCNC5)nc4c3C)c12. The molecule has 4 heterocycles. The molecule has 0 spiro atoms. The van der Waals surface area contributed by atoms with Crippen LogP contribution in [0.15, 0.2) is 33.5 Å². The second-order valence-electron chi connectivity index (χ2n) is 9.13. The van der Waals surface area contributed by atoms with Gasteiger partial charge >= 0.3 is 11.6 Å². The predicted molar refractivity (Wildman–Crippen MR) is 134 cm³/mol. The second kappa shape index (κ2) is 8.50. The Labute approximate surface area is 205 Å². The van der Waals surface area contributed by atoms with Gasteiger partial charge < -0.3 is 24.5 Å². The first-order chi connectivity index (χ1) is 17.4. The molecule has 4 aromatic rings. The second-order valence-corrected chi connectivity index (χ2v) is 9.13. The van der Waals surface area contributed by atoms with Gasteiger partial charge in [0.15, 0.2) is 5.82 Å². The quantitative estimate of drug-likeness (QED) is 0.423. The van der Waals surface area contributed by atoms with Crippen LogP contribution in [0.5, 0.6) is 11.8 Å². The molecule has 2 N–H and O–H groups in total. The molecular weight excluding hydrogens is 463 g/mol. The van der Waals surface area contributed by atoms with E-state index in [1.807, 2.05) is 4.90 Å². The lowest BCUT2D eigenvalue weighted by molar-refractivity contribution is 0.205. The number of phenolic OH excluding ortho intramolecular Hbond substituents is 1. The number of ether oxygens (including phenoxy) is 1. The van der Waals surface area contributed by atoms with Crippen molar-refractivity contribution >= 4 is 27.5 Å². The molecule has 0 saturated carbocycles. The molecule has 0 unspecified atom stereocenters. The van der Waals surface area contributed by atoms with E-state index >= 15 is 0 Å². The predicted octanol–water partition coefficient (Wildman–Crippen LogP) is 3.49. The van der Waals surface area contributed by atoms with E-state index in [2.05, 4.69) is 21.2 Å². The van der Waals surface area contributed by atoms with Crippen molar-refractivity contribution in [2.24, 2.45) is 0 Å². The number of aromatic nitrogens is 2. The summed E-state index contributed by atoms with van der Waals surface area (Å²) in [5.74, 6) is 2.37. The number of anilines is 1. The van der Waals surface area contributed by atoms with Gasteiger partial charge in [-0.25, -0.2) is 9.18 Å². The van der Waals surface area contributed by atoms with Gasteiger partial charge in [0.05, 0.1) is 11.1 Å². The van der Waals surface area contributed by atoms with E-state index in [-0.39, 0.29) is 34.6 Å². The third kappa shape index (κ3) is 3.53. The Kier molecular flexibility index (Phi) is 5.27. The van der Waals surface area contributed by atoms with E-state index in [4.69, 9.17) is 15.6 Å². The molecule has 2 aromatic heterocycles. The van der Waals surface area contributed by atoms with Crippen LogP contribution in [-0.2, 0) is 0 Å². The molecule has 0 bridgehead atoms. The molecule has 0 amide bonds. The molecule has 182 valence electrons. The number of nitrogens with one attached hydrogen (secondary N) is 1. The van der Waals surface area contributed by atoms with Crippen LogP contribution < -0.4 is 20.6 Å². The van der Waals surface area contributed by atoms with Crippen molar-refractivity contribution in [2.75, 3.05) is 31.1 Å². The van der Waals surface area contributed by atoms with E-state index in [0.29, 0.717) is 39.8 Å². The lowest BCUT2D eigenvalue weighted by atomic mass is 9.95. The smallest absolute Gasteiger partial charge is 0.349 e. The van der Waals surface area contributed by atoms with E-state index in [9.17, 15) is 14.3 Å². The first-order valence-corrected chi connectivity index (χ1v) is 11.8. The maximum atomic E-state index is 14.6. The first-order valence-electron chi connectivity index (χ1n) is 11.8. The summed E-state index contributed by atoms with van der Waals surface area (Å²) in [6.45, 7) is 4.83. The molecule has 0 aliphatic carbocycles. The van der Waals surface area contributed by atoms with Crippen LogP contribution in [0.2, 0.25) is 0 Å². The van der Waals surface area contributed by atoms with Gasteiger partial charge in [0.1, 0.15) is 28.8 Å². The fourth-order valence-electron chi connectivity index (χ4n) is 4.91. The molecule has 0 radical (unpaired) electrons. The first kappa shape index (κ1) is 22.3. The number of fused-ring (bicyclic) bond motifs is 2. The van der Waals surface area contributed by atoms with Crippen LogP contribution in [0.1, 0.15) is 24.0 Å². The average molecular weight is 487 g/mol. The molecule has 2 fully saturated rings. The zero-order chi connectivity index (χ0) is 25.0. The van der Waals surface area contributed by atoms with Crippen LogP contribution in [0.3, 0.4) is 0 Å². The number of hydrogen-bond donors (Lipinski definition) is 2. The molecule has 1 atom stereocenters. The number of rotatable bonds is 4. The zero-order valence-corrected chi connectivity index (χ0v) is 19.6. The highest BCUT2D eigenvalue weighted by atomic mass is 19.1. The van der Waals surface area contributed by atoms with Crippen molar-refractivity contribution in [3.8, 4) is 35.4 Å². The van der Waals surface area contributed by atoms with E-state index in [1.54, 1.807) is 6.92 Å². The molecule has 6 rings (SSSR count). The molecular formula is C27H23FN4O4. The highest BCUT2D eigenvalue weighted by Gasteiger charge is 2.28. The minimum absolute atomic E-state index is 0.0198. The van der Waals surface area contributed by atoms with Crippen molar-refractivity contribution in [3.05, 3.63) is 51.6 Å². The Morgan fingerprint density at radius 3 is 2.81 bits per heavy atom. The lowest BCUT2D eigenvalue weighted by Gasteiger charge is -2.32. The number of phenols is 1. The standard InChI is InChI=1S/C27H23FN4O4/c1-3-18-20(28)6-5-15-11-16(33)12-19(21(15)18)24-14(2)23-22(26(34)36-24)25(32-9-4-10-32)31-27(30-23)35-17-7-8-29-13-17/h1,5-6,11-12,17,29,33H,4,7-10,13H2,2H3/t17-/m0/s1. The van der Waals surface area contributed by atoms with Crippen molar-refractivity contribution < 1.29 is 18.7 Å². The highest BCUT2D eigenvalue weighted by Crippen LogP contribution is 2.39. The number of aromatic hydroxyl groups is 1. The lowest BCUT2D eigenvalue weighted by Crippen LogP contribution is -2.38. The summed E-state index contributed by atoms with van der Waals surface area (Å²) in [6.07, 6.45) is 7.40. The van der Waals surface area contributed by atoms with Crippen LogP contribution >= 0.6 is 0 Å². The summed E-state index contributed by atoms with van der Waals surface area (Å²) in [5, 5.41) is 14.8. The summed E-state index contributed by atoms with van der Waals surface area (Å²) >= 11 is 0. The van der Waals surface area contributed by atoms with Crippen molar-refractivity contribution in [1.29, 1.82) is 0 Å². The largest absolute Gasteiger partial charge is 0.508 e. The van der Waals surface area contributed by atoms with Gasteiger partial charge in [0.2, 0.25) is 0 Å². The number of halogens is 1. The van der Waals surface area contributed by atoms with E-state index in [1.165, 1.54) is 24.3 Å². The summed E-state index contributed by atoms with van der Waals surface area (Å²) in [5.41, 5.74) is 0.611. The van der Waals surface area contributed by atoms with E-state index in [0.717, 1.165) is 32.5 Å². The van der Waals surface area contributed by atoms with Gasteiger partial charge in [-0.1, -0.05) is 12.0 Å². The Bertz CT molecular complexity index is 1630. The fraction of sp³-hybridized carbons (Fsp3) is 0.296. The number of nitrogens with zero attached hydrogens (tertiary/aromatic N) is 3. The van der Waals surface area contributed by atoms with Crippen LogP contribution in [-0.4, -0.2) is 47.4 Å². The Morgan fingerprint density at radius 2 is 2.11 bits per heavy atom. The summed E-state index contributed by atoms with van der Waals surface area (Å²) < 4.78 is 26.5. The van der Waals surface area contributed by atoms with Gasteiger partial charge in [0, 0.05) is 36.1 Å². The van der Waals surface area contributed by atoms with Crippen LogP contribution in [0, 0.1) is 25.1 Å². The summed E-state index contributed by atoms with van der Waals surface area (Å²) in [7, 11) is 0.